The van der Waals surface area contributed by atoms with Crippen molar-refractivity contribution in [2.45, 2.75) is 31.7 Å². The Balaban J connectivity index is 1.77. The second-order valence-electron chi connectivity index (χ2n) is 6.70. The molecule has 0 spiro atoms. The van der Waals surface area contributed by atoms with Gasteiger partial charge in [0.2, 0.25) is 18.4 Å². The lowest BCUT2D eigenvalue weighted by molar-refractivity contribution is -0.229. The van der Waals surface area contributed by atoms with Gasteiger partial charge in [-0.1, -0.05) is 25.1 Å². The smallest absolute Gasteiger partial charge is 0.237 e. The number of benzene rings is 1. The molecule has 2 heterocycles. The molecule has 126 valence electrons. The van der Waals surface area contributed by atoms with Crippen molar-refractivity contribution in [3.63, 3.8) is 0 Å². The van der Waals surface area contributed by atoms with Crippen LogP contribution in [0.4, 0.5) is 0 Å². The van der Waals surface area contributed by atoms with E-state index in [1.54, 1.807) is 6.08 Å². The minimum atomic E-state index is -1.82. The van der Waals surface area contributed by atoms with Gasteiger partial charge in [0.15, 0.2) is 11.5 Å². The van der Waals surface area contributed by atoms with E-state index < -0.39 is 23.1 Å². The van der Waals surface area contributed by atoms with Crippen LogP contribution in [0.2, 0.25) is 0 Å². The summed E-state index contributed by atoms with van der Waals surface area (Å²) in [4.78, 5) is 12.4. The van der Waals surface area contributed by atoms with Gasteiger partial charge < -0.3 is 19.3 Å². The number of carbonyl (C=O) groups is 1. The predicted molar refractivity (Wildman–Crippen MR) is 86.5 cm³/mol. The highest BCUT2D eigenvalue weighted by Gasteiger charge is 2.66. The van der Waals surface area contributed by atoms with E-state index in [1.165, 1.54) is 6.08 Å². The maximum Gasteiger partial charge on any atom is 0.237 e. The maximum atomic E-state index is 12.4. The molecule has 1 aliphatic carbocycles. The molecule has 5 nitrogen and oxygen atoms in total. The average molecular weight is 328 g/mol. The third-order valence-corrected chi connectivity index (χ3v) is 5.62. The Bertz CT molecular complexity index is 739. The molecule has 2 aliphatic heterocycles. The first-order valence-electron chi connectivity index (χ1n) is 8.13. The second kappa shape index (κ2) is 5.19. The molecule has 0 saturated carbocycles. The van der Waals surface area contributed by atoms with Crippen molar-refractivity contribution in [3.05, 3.63) is 48.6 Å². The van der Waals surface area contributed by atoms with Gasteiger partial charge in [-0.2, -0.15) is 0 Å². The topological polar surface area (TPSA) is 65.0 Å². The summed E-state index contributed by atoms with van der Waals surface area (Å²) in [6, 6.07) is 5.60. The van der Waals surface area contributed by atoms with E-state index in [2.05, 4.69) is 6.58 Å². The molecule has 4 atom stereocenters. The van der Waals surface area contributed by atoms with Crippen LogP contribution in [0.1, 0.15) is 31.4 Å². The van der Waals surface area contributed by atoms with Crippen LogP contribution in [0.5, 0.6) is 11.5 Å². The average Bonchev–Trinajstić information content (AvgIpc) is 3.12. The molecule has 3 aliphatic rings. The van der Waals surface area contributed by atoms with Crippen molar-refractivity contribution < 1.29 is 24.1 Å². The van der Waals surface area contributed by atoms with Crippen LogP contribution in [0.15, 0.2) is 43.0 Å². The van der Waals surface area contributed by atoms with Crippen molar-refractivity contribution in [1.29, 1.82) is 0 Å². The zero-order chi connectivity index (χ0) is 16.9. The van der Waals surface area contributed by atoms with E-state index >= 15 is 0 Å². The summed E-state index contributed by atoms with van der Waals surface area (Å²) in [7, 11) is 0. The Morgan fingerprint density at radius 1 is 1.38 bits per heavy atom. The number of ketones is 1. The highest BCUT2D eigenvalue weighted by molar-refractivity contribution is 5.97. The van der Waals surface area contributed by atoms with E-state index in [9.17, 15) is 9.90 Å². The first kappa shape index (κ1) is 15.4. The molecule has 1 aromatic carbocycles. The molecule has 1 saturated heterocycles. The third kappa shape index (κ3) is 1.85. The van der Waals surface area contributed by atoms with Crippen molar-refractivity contribution in [2.75, 3.05) is 6.79 Å². The number of carbonyl (C=O) groups excluding carboxylic acids is 1. The van der Waals surface area contributed by atoms with Crippen molar-refractivity contribution in [3.8, 4) is 11.5 Å². The lowest BCUT2D eigenvalue weighted by Gasteiger charge is -2.42. The van der Waals surface area contributed by atoms with Crippen molar-refractivity contribution >= 4 is 5.78 Å². The molecule has 0 radical (unpaired) electrons. The Labute approximate surface area is 140 Å². The molecular weight excluding hydrogens is 308 g/mol. The minimum absolute atomic E-state index is 0.0743. The van der Waals surface area contributed by atoms with Crippen LogP contribution in [-0.4, -0.2) is 23.5 Å². The largest absolute Gasteiger partial charge is 0.454 e. The van der Waals surface area contributed by atoms with Gasteiger partial charge in [-0.25, -0.2) is 0 Å². The van der Waals surface area contributed by atoms with Gasteiger partial charge in [-0.3, -0.25) is 4.79 Å². The number of hydrogen-bond donors (Lipinski definition) is 1. The molecule has 5 heteroatoms. The number of rotatable bonds is 3. The molecule has 0 amide bonds. The fourth-order valence-electron chi connectivity index (χ4n) is 4.23. The molecule has 0 bridgehead atoms. The predicted octanol–water partition coefficient (Wildman–Crippen LogP) is 2.90. The van der Waals surface area contributed by atoms with Crippen molar-refractivity contribution in [1.82, 2.24) is 0 Å². The SMILES string of the molecule is C=CC[C@@]12CC=CC(=O)[C@@]1(O)O[C@@H](c1ccc3c(c1)OCO3)[C@H]2C. The zero-order valence-corrected chi connectivity index (χ0v) is 13.5. The summed E-state index contributed by atoms with van der Waals surface area (Å²) in [5, 5.41) is 11.1. The zero-order valence-electron chi connectivity index (χ0n) is 13.5. The van der Waals surface area contributed by atoms with Gasteiger partial charge in [-0.05, 0) is 42.5 Å². The summed E-state index contributed by atoms with van der Waals surface area (Å²) in [6.45, 7) is 6.03. The standard InChI is InChI=1S/C19H20O5/c1-3-8-18-9-4-5-16(20)19(18,21)24-17(12(18)2)13-6-7-14-15(10-13)23-11-22-14/h3-7,10,12,17,21H,1,8-9,11H2,2H3/t12-,17-,18+,19-/m1/s1. The number of hydrogen-bond acceptors (Lipinski definition) is 5. The van der Waals surface area contributed by atoms with E-state index in [-0.39, 0.29) is 12.7 Å². The van der Waals surface area contributed by atoms with Crippen molar-refractivity contribution in [2.24, 2.45) is 11.3 Å². The lowest BCUT2D eigenvalue weighted by atomic mass is 9.62. The van der Waals surface area contributed by atoms with Gasteiger partial charge in [0.05, 0.1) is 6.10 Å². The van der Waals surface area contributed by atoms with Crippen LogP contribution in [0, 0.1) is 11.3 Å². The fourth-order valence-corrected chi connectivity index (χ4v) is 4.23. The second-order valence-corrected chi connectivity index (χ2v) is 6.70. The Hall–Kier alpha value is -2.11. The van der Waals surface area contributed by atoms with E-state index in [1.807, 2.05) is 31.2 Å². The first-order valence-corrected chi connectivity index (χ1v) is 8.13. The van der Waals surface area contributed by atoms with E-state index in [0.717, 1.165) is 5.56 Å². The highest BCUT2D eigenvalue weighted by atomic mass is 16.7. The summed E-state index contributed by atoms with van der Waals surface area (Å²) in [5.74, 6) is -0.942. The van der Waals surface area contributed by atoms with E-state index in [4.69, 9.17) is 14.2 Å². The van der Waals surface area contributed by atoms with Gasteiger partial charge in [0.25, 0.3) is 0 Å². The number of aliphatic hydroxyl groups is 1. The third-order valence-electron chi connectivity index (χ3n) is 5.62. The highest BCUT2D eigenvalue weighted by Crippen LogP contribution is 2.61. The molecule has 24 heavy (non-hydrogen) atoms. The molecule has 1 fully saturated rings. The van der Waals surface area contributed by atoms with Gasteiger partial charge >= 0.3 is 0 Å². The first-order chi connectivity index (χ1) is 11.5. The number of fused-ring (bicyclic) bond motifs is 2. The normalized spacial score (nSPS) is 36.7. The minimum Gasteiger partial charge on any atom is -0.454 e. The van der Waals surface area contributed by atoms with Crippen LogP contribution >= 0.6 is 0 Å². The molecule has 1 N–H and O–H groups in total. The van der Waals surface area contributed by atoms with Crippen LogP contribution in [-0.2, 0) is 9.53 Å². The van der Waals surface area contributed by atoms with Crippen LogP contribution < -0.4 is 9.47 Å². The molecule has 1 aromatic rings. The van der Waals surface area contributed by atoms with Crippen LogP contribution in [0.3, 0.4) is 0 Å². The molecule has 4 rings (SSSR count). The summed E-state index contributed by atoms with van der Waals surface area (Å²) in [5.41, 5.74) is 0.160. The lowest BCUT2D eigenvalue weighted by Crippen LogP contribution is -2.54. The molecular formula is C19H20O5. The van der Waals surface area contributed by atoms with Gasteiger partial charge in [0.1, 0.15) is 0 Å². The summed E-state index contributed by atoms with van der Waals surface area (Å²) in [6.07, 6.45) is 5.65. The summed E-state index contributed by atoms with van der Waals surface area (Å²) >= 11 is 0. The van der Waals surface area contributed by atoms with Gasteiger partial charge in [-0.15, -0.1) is 6.58 Å². The molecule has 0 aromatic heterocycles. The Morgan fingerprint density at radius 3 is 2.96 bits per heavy atom. The number of allylic oxidation sites excluding steroid dienone is 2. The quantitative estimate of drug-likeness (QED) is 0.864. The maximum absolute atomic E-state index is 12.4. The molecule has 0 unspecified atom stereocenters. The monoisotopic (exact) mass is 328 g/mol. The van der Waals surface area contributed by atoms with E-state index in [0.29, 0.717) is 24.3 Å². The number of ether oxygens (including phenoxy) is 3. The Morgan fingerprint density at radius 2 is 2.17 bits per heavy atom. The Kier molecular flexibility index (Phi) is 3.34. The van der Waals surface area contributed by atoms with Gasteiger partial charge in [0, 0.05) is 5.41 Å². The summed E-state index contributed by atoms with van der Waals surface area (Å²) < 4.78 is 16.8. The van der Waals surface area contributed by atoms with Crippen LogP contribution in [0.25, 0.3) is 0 Å². The fraction of sp³-hybridized carbons (Fsp3) is 0.421.